The van der Waals surface area contributed by atoms with E-state index in [0.29, 0.717) is 5.75 Å². The lowest BCUT2D eigenvalue weighted by atomic mass is 9.96. The summed E-state index contributed by atoms with van der Waals surface area (Å²) in [5, 5.41) is 13.2. The second kappa shape index (κ2) is 9.94. The topological polar surface area (TPSA) is 20.2 Å². The van der Waals surface area contributed by atoms with E-state index in [1.54, 1.807) is 0 Å². The van der Waals surface area contributed by atoms with Crippen LogP contribution < -0.4 is 10.6 Å². The van der Waals surface area contributed by atoms with Gasteiger partial charge in [0.1, 0.15) is 5.75 Å². The van der Waals surface area contributed by atoms with Gasteiger partial charge in [0, 0.05) is 0 Å². The molecule has 0 fully saturated rings. The molecule has 4 aromatic rings. The molecule has 2 heteroatoms. The molecule has 0 aliphatic carbocycles. The van der Waals surface area contributed by atoms with Crippen molar-refractivity contribution in [3.63, 3.8) is 0 Å². The van der Waals surface area contributed by atoms with Crippen LogP contribution in [-0.2, 0) is 6.42 Å². The number of rotatable bonds is 7. The first-order valence-electron chi connectivity index (χ1n) is 10.9. The molecule has 31 heavy (non-hydrogen) atoms. The highest BCUT2D eigenvalue weighted by Crippen LogP contribution is 2.35. The molecule has 0 amide bonds. The SMILES string of the molecule is Cc1ccc(-c2ccc(CCCP(c3ccccc3)c3ccccc3)cc2)c(C)c1O. The first-order chi connectivity index (χ1) is 15.1. The minimum atomic E-state index is -0.328. The summed E-state index contributed by atoms with van der Waals surface area (Å²) in [6, 6.07) is 34.8. The molecule has 0 saturated heterocycles. The number of hydrogen-bond donors (Lipinski definition) is 1. The molecule has 4 aromatic carbocycles. The van der Waals surface area contributed by atoms with Gasteiger partial charge in [0.15, 0.2) is 0 Å². The van der Waals surface area contributed by atoms with Crippen LogP contribution in [0.1, 0.15) is 23.1 Å². The van der Waals surface area contributed by atoms with E-state index in [9.17, 15) is 5.11 Å². The summed E-state index contributed by atoms with van der Waals surface area (Å²) in [7, 11) is -0.328. The molecule has 0 radical (unpaired) electrons. The molecule has 0 bridgehead atoms. The highest BCUT2D eigenvalue weighted by atomic mass is 31.1. The van der Waals surface area contributed by atoms with Crippen molar-refractivity contribution in [1.82, 2.24) is 0 Å². The van der Waals surface area contributed by atoms with Gasteiger partial charge < -0.3 is 5.11 Å². The zero-order valence-corrected chi connectivity index (χ0v) is 19.1. The molecule has 4 rings (SSSR count). The summed E-state index contributed by atoms with van der Waals surface area (Å²) in [5.41, 5.74) is 5.50. The Hall–Kier alpha value is -2.89. The van der Waals surface area contributed by atoms with Crippen LogP contribution in [0.25, 0.3) is 11.1 Å². The molecule has 0 heterocycles. The minimum absolute atomic E-state index is 0.328. The zero-order valence-electron chi connectivity index (χ0n) is 18.3. The van der Waals surface area contributed by atoms with E-state index >= 15 is 0 Å². The van der Waals surface area contributed by atoms with Crippen LogP contribution in [0, 0.1) is 13.8 Å². The summed E-state index contributed by atoms with van der Waals surface area (Å²) >= 11 is 0. The van der Waals surface area contributed by atoms with E-state index in [1.807, 2.05) is 19.9 Å². The Morgan fingerprint density at radius 1 is 0.677 bits per heavy atom. The highest BCUT2D eigenvalue weighted by molar-refractivity contribution is 7.73. The van der Waals surface area contributed by atoms with Crippen molar-refractivity contribution in [2.75, 3.05) is 6.16 Å². The number of hydrogen-bond acceptors (Lipinski definition) is 1. The van der Waals surface area contributed by atoms with Crippen molar-refractivity contribution in [2.24, 2.45) is 0 Å². The lowest BCUT2D eigenvalue weighted by Crippen LogP contribution is -2.14. The normalized spacial score (nSPS) is 11.1. The molecular formula is C29H29OP. The zero-order chi connectivity index (χ0) is 21.6. The predicted octanol–water partition coefficient (Wildman–Crippen LogP) is 6.74. The second-order valence-electron chi connectivity index (χ2n) is 8.03. The number of phenolic OH excluding ortho intramolecular Hbond substituents is 1. The Morgan fingerprint density at radius 2 is 1.26 bits per heavy atom. The maximum Gasteiger partial charge on any atom is 0.122 e. The fraction of sp³-hybridized carbons (Fsp3) is 0.172. The Morgan fingerprint density at radius 3 is 1.84 bits per heavy atom. The number of benzene rings is 4. The number of aryl methyl sites for hydroxylation is 2. The molecule has 1 N–H and O–H groups in total. The van der Waals surface area contributed by atoms with Gasteiger partial charge in [-0.25, -0.2) is 0 Å². The summed E-state index contributed by atoms with van der Waals surface area (Å²) in [6.07, 6.45) is 3.44. The van der Waals surface area contributed by atoms with Crippen LogP contribution in [0.15, 0.2) is 97.1 Å². The lowest BCUT2D eigenvalue weighted by Gasteiger charge is -2.18. The fourth-order valence-electron chi connectivity index (χ4n) is 4.06. The molecule has 0 aliphatic heterocycles. The maximum atomic E-state index is 10.3. The molecule has 156 valence electrons. The first-order valence-corrected chi connectivity index (χ1v) is 12.4. The third kappa shape index (κ3) is 5.06. The minimum Gasteiger partial charge on any atom is -0.507 e. The van der Waals surface area contributed by atoms with Gasteiger partial charge in [-0.15, -0.1) is 0 Å². The first kappa shape index (κ1) is 21.3. The third-order valence-corrected chi connectivity index (χ3v) is 8.49. The fourth-order valence-corrected chi connectivity index (χ4v) is 6.42. The van der Waals surface area contributed by atoms with Crippen molar-refractivity contribution in [2.45, 2.75) is 26.7 Å². The molecule has 0 unspecified atom stereocenters. The van der Waals surface area contributed by atoms with Gasteiger partial charge in [-0.2, -0.15) is 0 Å². The molecule has 0 spiro atoms. The van der Waals surface area contributed by atoms with Gasteiger partial charge in [-0.1, -0.05) is 97.1 Å². The summed E-state index contributed by atoms with van der Waals surface area (Å²) in [6.45, 7) is 3.93. The van der Waals surface area contributed by atoms with E-state index < -0.39 is 0 Å². The van der Waals surface area contributed by atoms with Crippen LogP contribution in [0.5, 0.6) is 5.75 Å². The van der Waals surface area contributed by atoms with Crippen LogP contribution in [0.3, 0.4) is 0 Å². The molecule has 1 nitrogen and oxygen atoms in total. The number of aromatic hydroxyl groups is 1. The Kier molecular flexibility index (Phi) is 6.85. The average molecular weight is 425 g/mol. The standard InChI is InChI=1S/C29H29OP/c1-22-15-20-28(23(2)29(22)30)25-18-16-24(17-19-25)10-9-21-31(26-11-5-3-6-12-26)27-13-7-4-8-14-27/h3-8,11-20,30H,9-10,21H2,1-2H3. The monoisotopic (exact) mass is 424 g/mol. The van der Waals surface area contributed by atoms with Gasteiger partial charge in [0.25, 0.3) is 0 Å². The molecular weight excluding hydrogens is 395 g/mol. The maximum absolute atomic E-state index is 10.3. The van der Waals surface area contributed by atoms with Gasteiger partial charge in [-0.05, 0) is 79.2 Å². The van der Waals surface area contributed by atoms with Gasteiger partial charge in [-0.3, -0.25) is 0 Å². The Labute approximate surface area is 187 Å². The summed E-state index contributed by atoms with van der Waals surface area (Å²) in [4.78, 5) is 0. The van der Waals surface area contributed by atoms with E-state index in [4.69, 9.17) is 0 Å². The largest absolute Gasteiger partial charge is 0.507 e. The number of phenols is 1. The predicted molar refractivity (Wildman–Crippen MR) is 135 cm³/mol. The highest BCUT2D eigenvalue weighted by Gasteiger charge is 2.13. The van der Waals surface area contributed by atoms with Crippen molar-refractivity contribution >= 4 is 18.5 Å². The summed E-state index contributed by atoms with van der Waals surface area (Å²) in [5.74, 6) is 0.400. The quantitative estimate of drug-likeness (QED) is 0.326. The smallest absolute Gasteiger partial charge is 0.122 e. The van der Waals surface area contributed by atoms with Crippen molar-refractivity contribution in [1.29, 1.82) is 0 Å². The lowest BCUT2D eigenvalue weighted by molar-refractivity contribution is 0.467. The van der Waals surface area contributed by atoms with Crippen LogP contribution in [0.2, 0.25) is 0 Å². The van der Waals surface area contributed by atoms with Crippen molar-refractivity contribution in [3.8, 4) is 16.9 Å². The van der Waals surface area contributed by atoms with E-state index in [1.165, 1.54) is 28.8 Å². The van der Waals surface area contributed by atoms with Crippen molar-refractivity contribution < 1.29 is 5.11 Å². The summed E-state index contributed by atoms with van der Waals surface area (Å²) < 4.78 is 0. The molecule has 0 atom stereocenters. The molecule has 0 aliphatic rings. The van der Waals surface area contributed by atoms with E-state index in [0.717, 1.165) is 28.7 Å². The van der Waals surface area contributed by atoms with Crippen LogP contribution >= 0.6 is 7.92 Å². The van der Waals surface area contributed by atoms with E-state index in [-0.39, 0.29) is 7.92 Å². The van der Waals surface area contributed by atoms with E-state index in [2.05, 4.69) is 91.0 Å². The van der Waals surface area contributed by atoms with Crippen LogP contribution in [-0.4, -0.2) is 11.3 Å². The van der Waals surface area contributed by atoms with Crippen molar-refractivity contribution in [3.05, 3.63) is 114 Å². The van der Waals surface area contributed by atoms with Crippen LogP contribution in [0.4, 0.5) is 0 Å². The molecule has 0 aromatic heterocycles. The Bertz CT molecular complexity index is 1080. The second-order valence-corrected chi connectivity index (χ2v) is 10.4. The Balaban J connectivity index is 1.45. The van der Waals surface area contributed by atoms with Gasteiger partial charge in [0.05, 0.1) is 0 Å². The third-order valence-electron chi connectivity index (χ3n) is 5.88. The van der Waals surface area contributed by atoms with Gasteiger partial charge in [0.2, 0.25) is 0 Å². The van der Waals surface area contributed by atoms with Gasteiger partial charge >= 0.3 is 0 Å². The average Bonchev–Trinajstić information content (AvgIpc) is 2.82. The molecule has 0 saturated carbocycles.